The molecule has 0 N–H and O–H groups in total. The number of nitrogens with zero attached hydrogens (tertiary/aromatic N) is 2. The highest BCUT2D eigenvalue weighted by Crippen LogP contribution is 2.32. The van der Waals surface area contributed by atoms with Crippen molar-refractivity contribution in [3.8, 4) is 0 Å². The summed E-state index contributed by atoms with van der Waals surface area (Å²) in [5.74, 6) is 0.103. The van der Waals surface area contributed by atoms with Gasteiger partial charge in [-0.15, -0.1) is 0 Å². The van der Waals surface area contributed by atoms with Gasteiger partial charge in [0, 0.05) is 44.8 Å². The fraction of sp³-hybridized carbons (Fsp3) is 0.586. The van der Waals surface area contributed by atoms with Gasteiger partial charge in [-0.2, -0.15) is 0 Å². The number of carbonyl (C=O) groups excluding carboxylic acids is 2. The Morgan fingerprint density at radius 1 is 1.00 bits per heavy atom. The van der Waals surface area contributed by atoms with E-state index in [4.69, 9.17) is 9.47 Å². The topological polar surface area (TPSA) is 59.1 Å². The fourth-order valence-corrected chi connectivity index (χ4v) is 5.98. The van der Waals surface area contributed by atoms with E-state index in [9.17, 15) is 9.59 Å². The van der Waals surface area contributed by atoms with Gasteiger partial charge in [-0.05, 0) is 57.9 Å². The second kappa shape index (κ2) is 10.7. The molecule has 2 bridgehead atoms. The number of hydrogen-bond donors (Lipinski definition) is 0. The van der Waals surface area contributed by atoms with Gasteiger partial charge in [0.2, 0.25) is 0 Å². The Morgan fingerprint density at radius 2 is 1.74 bits per heavy atom. The highest BCUT2D eigenvalue weighted by atomic mass is 16.5. The van der Waals surface area contributed by atoms with Crippen LogP contribution >= 0.6 is 0 Å². The number of ether oxygens (including phenoxy) is 2. The van der Waals surface area contributed by atoms with Crippen molar-refractivity contribution in [1.82, 2.24) is 9.80 Å². The van der Waals surface area contributed by atoms with E-state index in [-0.39, 0.29) is 24.0 Å². The van der Waals surface area contributed by atoms with Crippen LogP contribution in [0.2, 0.25) is 0 Å². The van der Waals surface area contributed by atoms with Crippen LogP contribution in [0.5, 0.6) is 0 Å². The normalized spacial score (nSPS) is 29.9. The standard InChI is InChI=1S/C29H38N2O4/c1-20-15-22(4-6-26-27(20)19-34-29(26)33)7-9-30-11-13-31(14-12-30)10-8-23-3-5-25-18-24(17-23)16-21(2)35-28(25)32/h3-6,17,21,24-25H,7-16,18-19H2,1-2H3. The van der Waals surface area contributed by atoms with Gasteiger partial charge >= 0.3 is 11.9 Å². The number of cyclic esters (lactones) is 2. The Labute approximate surface area is 209 Å². The molecule has 3 aliphatic heterocycles. The van der Waals surface area contributed by atoms with Gasteiger partial charge in [-0.3, -0.25) is 4.79 Å². The van der Waals surface area contributed by atoms with Gasteiger partial charge in [-0.1, -0.05) is 41.0 Å². The fourth-order valence-electron chi connectivity index (χ4n) is 5.98. The highest BCUT2D eigenvalue weighted by Gasteiger charge is 2.30. The maximum absolute atomic E-state index is 12.2. The predicted octanol–water partition coefficient (Wildman–Crippen LogP) is 3.97. The van der Waals surface area contributed by atoms with E-state index in [1.807, 2.05) is 13.0 Å². The zero-order chi connectivity index (χ0) is 24.4. The molecule has 5 rings (SSSR count). The lowest BCUT2D eigenvalue weighted by Crippen LogP contribution is -2.46. The van der Waals surface area contributed by atoms with Gasteiger partial charge in [-0.25, -0.2) is 4.79 Å². The Hall–Kier alpha value is -2.44. The van der Waals surface area contributed by atoms with Gasteiger partial charge in [0.15, 0.2) is 0 Å². The minimum absolute atomic E-state index is 0.0108. The summed E-state index contributed by atoms with van der Waals surface area (Å²) in [5, 5.41) is 0. The molecule has 35 heavy (non-hydrogen) atoms. The van der Waals surface area contributed by atoms with Crippen molar-refractivity contribution in [2.45, 2.75) is 52.1 Å². The quantitative estimate of drug-likeness (QED) is 0.539. The summed E-state index contributed by atoms with van der Waals surface area (Å²) < 4.78 is 10.7. The Kier molecular flexibility index (Phi) is 7.40. The van der Waals surface area contributed by atoms with E-state index in [0.717, 1.165) is 82.5 Å². The van der Waals surface area contributed by atoms with Gasteiger partial charge < -0.3 is 19.3 Å². The lowest BCUT2D eigenvalue weighted by atomic mass is 9.92. The van der Waals surface area contributed by atoms with Crippen molar-refractivity contribution in [3.05, 3.63) is 58.2 Å². The third-order valence-corrected chi connectivity index (χ3v) is 8.12. The number of rotatable bonds is 6. The summed E-state index contributed by atoms with van der Waals surface area (Å²) in [5.41, 5.74) is 5.87. The first kappa shape index (κ1) is 24.3. The number of allylic oxidation sites excluding steroid dienone is 5. The summed E-state index contributed by atoms with van der Waals surface area (Å²) in [6.45, 7) is 11.1. The molecule has 0 aromatic rings. The molecule has 0 aromatic carbocycles. The molecular formula is C29H38N2O4. The maximum atomic E-state index is 12.2. The third kappa shape index (κ3) is 5.87. The molecule has 3 unspecified atom stereocenters. The summed E-state index contributed by atoms with van der Waals surface area (Å²) in [6, 6.07) is 0. The first-order valence-corrected chi connectivity index (χ1v) is 13.2. The van der Waals surface area contributed by atoms with E-state index in [1.54, 1.807) is 0 Å². The van der Waals surface area contributed by atoms with Crippen LogP contribution in [0.4, 0.5) is 0 Å². The number of hydrogen-bond acceptors (Lipinski definition) is 6. The van der Waals surface area contributed by atoms with Gasteiger partial charge in [0.05, 0.1) is 17.6 Å². The average molecular weight is 479 g/mol. The highest BCUT2D eigenvalue weighted by molar-refractivity contribution is 5.97. The molecular weight excluding hydrogens is 440 g/mol. The molecule has 0 saturated carbocycles. The van der Waals surface area contributed by atoms with Crippen molar-refractivity contribution < 1.29 is 19.1 Å². The molecule has 3 fully saturated rings. The molecule has 0 amide bonds. The average Bonchev–Trinajstić information content (AvgIpc) is 2.95. The summed E-state index contributed by atoms with van der Waals surface area (Å²) in [6.07, 6.45) is 15.6. The summed E-state index contributed by atoms with van der Waals surface area (Å²) >= 11 is 0. The van der Waals surface area contributed by atoms with Crippen molar-refractivity contribution >= 4 is 11.9 Å². The smallest absolute Gasteiger partial charge is 0.338 e. The molecule has 0 radical (unpaired) electrons. The Morgan fingerprint density at radius 3 is 2.51 bits per heavy atom. The molecule has 5 aliphatic rings. The van der Waals surface area contributed by atoms with Crippen LogP contribution in [0.25, 0.3) is 0 Å². The predicted molar refractivity (Wildman–Crippen MR) is 136 cm³/mol. The Bertz CT molecular complexity index is 1010. The molecule has 2 aliphatic carbocycles. The van der Waals surface area contributed by atoms with Crippen LogP contribution in [-0.4, -0.2) is 73.7 Å². The lowest BCUT2D eigenvalue weighted by Gasteiger charge is -2.35. The Balaban J connectivity index is 1.07. The number of fused-ring (bicyclic) bond motifs is 3. The van der Waals surface area contributed by atoms with Crippen molar-refractivity contribution in [2.24, 2.45) is 11.8 Å². The molecule has 3 saturated heterocycles. The zero-order valence-corrected chi connectivity index (χ0v) is 21.1. The first-order valence-electron chi connectivity index (χ1n) is 13.2. The zero-order valence-electron chi connectivity index (χ0n) is 21.1. The van der Waals surface area contributed by atoms with Gasteiger partial charge in [0.25, 0.3) is 0 Å². The molecule has 3 heterocycles. The molecule has 0 aromatic heterocycles. The first-order chi connectivity index (χ1) is 16.9. The minimum atomic E-state index is -0.182. The van der Waals surface area contributed by atoms with E-state index in [0.29, 0.717) is 12.5 Å². The van der Waals surface area contributed by atoms with E-state index >= 15 is 0 Å². The molecule has 6 nitrogen and oxygen atoms in total. The van der Waals surface area contributed by atoms with E-state index in [2.05, 4.69) is 41.0 Å². The number of piperazine rings is 1. The molecule has 0 spiro atoms. The van der Waals surface area contributed by atoms with Crippen LogP contribution in [-0.2, 0) is 19.1 Å². The van der Waals surface area contributed by atoms with Crippen molar-refractivity contribution in [1.29, 1.82) is 0 Å². The van der Waals surface area contributed by atoms with Crippen LogP contribution in [0.3, 0.4) is 0 Å². The van der Waals surface area contributed by atoms with Crippen molar-refractivity contribution in [2.75, 3.05) is 45.9 Å². The number of esters is 2. The van der Waals surface area contributed by atoms with Crippen LogP contribution < -0.4 is 0 Å². The van der Waals surface area contributed by atoms with E-state index < -0.39 is 0 Å². The van der Waals surface area contributed by atoms with Crippen LogP contribution in [0, 0.1) is 11.8 Å². The number of carbonyl (C=O) groups is 2. The minimum Gasteiger partial charge on any atom is -0.462 e. The molecule has 3 atom stereocenters. The largest absolute Gasteiger partial charge is 0.462 e. The second-order valence-corrected chi connectivity index (χ2v) is 10.8. The van der Waals surface area contributed by atoms with Crippen LogP contribution in [0.1, 0.15) is 46.0 Å². The molecule has 188 valence electrons. The summed E-state index contributed by atoms with van der Waals surface area (Å²) in [7, 11) is 0. The summed E-state index contributed by atoms with van der Waals surface area (Å²) in [4.78, 5) is 29.3. The lowest BCUT2D eigenvalue weighted by molar-refractivity contribution is -0.150. The third-order valence-electron chi connectivity index (χ3n) is 8.12. The maximum Gasteiger partial charge on any atom is 0.338 e. The second-order valence-electron chi connectivity index (χ2n) is 10.8. The van der Waals surface area contributed by atoms with E-state index in [1.165, 1.54) is 16.7 Å². The van der Waals surface area contributed by atoms with Crippen molar-refractivity contribution in [3.63, 3.8) is 0 Å². The molecule has 6 heteroatoms. The van der Waals surface area contributed by atoms with Crippen LogP contribution in [0.15, 0.2) is 58.2 Å². The van der Waals surface area contributed by atoms with Gasteiger partial charge in [0.1, 0.15) is 6.61 Å². The monoisotopic (exact) mass is 478 g/mol. The SMILES string of the molecule is CC1=C2COC(=O)C2=CC=C(CCN2CCN(CCC3=CC4CC(C)OC(=O)C(C=C3)C4)CC2)C1.